The summed E-state index contributed by atoms with van der Waals surface area (Å²) in [6.07, 6.45) is 11.7. The number of H-pyrrole nitrogens is 1. The van der Waals surface area contributed by atoms with E-state index in [-0.39, 0.29) is 0 Å². The molecule has 0 aliphatic carbocycles. The van der Waals surface area contributed by atoms with Crippen LogP contribution in [0.15, 0.2) is 30.9 Å². The largest absolute Gasteiger partial charge is 0.346 e. The zero-order valence-electron chi connectivity index (χ0n) is 12.8. The molecule has 1 aliphatic rings. The van der Waals surface area contributed by atoms with E-state index in [2.05, 4.69) is 26.4 Å². The van der Waals surface area contributed by atoms with Crippen molar-refractivity contribution in [2.75, 3.05) is 13.1 Å². The average Bonchev–Trinajstić information content (AvgIpc) is 3.14. The second-order valence-corrected chi connectivity index (χ2v) is 6.24. The van der Waals surface area contributed by atoms with Gasteiger partial charge in [-0.2, -0.15) is 5.10 Å². The van der Waals surface area contributed by atoms with E-state index in [1.54, 1.807) is 0 Å². The summed E-state index contributed by atoms with van der Waals surface area (Å²) in [6, 6.07) is 2.29. The van der Waals surface area contributed by atoms with Crippen molar-refractivity contribution in [3.8, 4) is 11.1 Å². The Morgan fingerprint density at radius 2 is 2.14 bits per heavy atom. The molecule has 1 aliphatic heterocycles. The van der Waals surface area contributed by atoms with Crippen LogP contribution in [0.2, 0.25) is 0 Å². The fourth-order valence-electron chi connectivity index (χ4n) is 3.38. The van der Waals surface area contributed by atoms with Crippen molar-refractivity contribution < 1.29 is 0 Å². The van der Waals surface area contributed by atoms with Crippen LogP contribution in [0.3, 0.4) is 0 Å². The predicted octanol–water partition coefficient (Wildman–Crippen LogP) is 2.51. The summed E-state index contributed by atoms with van der Waals surface area (Å²) in [7, 11) is 1.94. The Balaban J connectivity index is 1.67. The molecule has 4 rings (SSSR count). The van der Waals surface area contributed by atoms with Crippen molar-refractivity contribution in [1.82, 2.24) is 25.1 Å². The summed E-state index contributed by atoms with van der Waals surface area (Å²) in [6.45, 7) is 2.29. The molecule has 0 atom stereocenters. The summed E-state index contributed by atoms with van der Waals surface area (Å²) < 4.78 is 1.83. The van der Waals surface area contributed by atoms with Gasteiger partial charge >= 0.3 is 0 Å². The highest BCUT2D eigenvalue weighted by Gasteiger charge is 2.15. The van der Waals surface area contributed by atoms with Crippen LogP contribution >= 0.6 is 0 Å². The molecule has 0 amide bonds. The lowest BCUT2D eigenvalue weighted by Gasteiger charge is -2.22. The van der Waals surface area contributed by atoms with Crippen LogP contribution in [0.1, 0.15) is 18.4 Å². The molecule has 0 aromatic carbocycles. The minimum Gasteiger partial charge on any atom is -0.346 e. The number of aryl methyl sites for hydroxylation is 1. The molecule has 1 fully saturated rings. The number of nitrogens with zero attached hydrogens (tertiary/aromatic N) is 3. The maximum atomic E-state index is 4.60. The summed E-state index contributed by atoms with van der Waals surface area (Å²) in [5, 5.41) is 8.89. The quantitative estimate of drug-likeness (QED) is 0.780. The lowest BCUT2D eigenvalue weighted by molar-refractivity contribution is 0.372. The lowest BCUT2D eigenvalue weighted by Crippen LogP contribution is -2.28. The summed E-state index contributed by atoms with van der Waals surface area (Å²) in [5.41, 5.74) is 4.61. The number of nitrogens with one attached hydrogen (secondary N) is 2. The monoisotopic (exact) mass is 295 g/mol. The van der Waals surface area contributed by atoms with Gasteiger partial charge in [-0.25, -0.2) is 4.98 Å². The molecule has 0 radical (unpaired) electrons. The van der Waals surface area contributed by atoms with Crippen molar-refractivity contribution in [2.24, 2.45) is 13.0 Å². The highest BCUT2D eigenvalue weighted by molar-refractivity contribution is 5.93. The van der Waals surface area contributed by atoms with Gasteiger partial charge in [0.15, 0.2) is 0 Å². The van der Waals surface area contributed by atoms with E-state index in [0.717, 1.165) is 36.6 Å². The van der Waals surface area contributed by atoms with E-state index < -0.39 is 0 Å². The van der Waals surface area contributed by atoms with Crippen LogP contribution in [-0.4, -0.2) is 32.8 Å². The van der Waals surface area contributed by atoms with Gasteiger partial charge in [0.25, 0.3) is 0 Å². The number of fused-ring (bicyclic) bond motifs is 1. The molecule has 3 aromatic heterocycles. The first kappa shape index (κ1) is 13.5. The Kier molecular flexibility index (Phi) is 3.42. The molecule has 5 nitrogen and oxygen atoms in total. The van der Waals surface area contributed by atoms with Crippen molar-refractivity contribution in [3.63, 3.8) is 0 Å². The Hall–Kier alpha value is -2.14. The fraction of sp³-hybridized carbons (Fsp3) is 0.412. The van der Waals surface area contributed by atoms with Gasteiger partial charge in [-0.05, 0) is 49.9 Å². The molecule has 114 valence electrons. The Morgan fingerprint density at radius 1 is 1.27 bits per heavy atom. The Bertz CT molecular complexity index is 779. The standard InChI is InChI=1S/C17H21N5/c1-22-11-14(9-21-22)16-10-20-17-15(16)7-13(8-19-17)6-12-2-4-18-5-3-12/h7-12,18H,2-6H2,1H3,(H,19,20). The van der Waals surface area contributed by atoms with Crippen molar-refractivity contribution in [1.29, 1.82) is 0 Å². The third-order valence-electron chi connectivity index (χ3n) is 4.59. The van der Waals surface area contributed by atoms with Gasteiger partial charge in [0.1, 0.15) is 5.65 Å². The van der Waals surface area contributed by atoms with E-state index in [1.165, 1.54) is 29.4 Å². The van der Waals surface area contributed by atoms with E-state index in [9.17, 15) is 0 Å². The first-order valence-corrected chi connectivity index (χ1v) is 7.95. The number of aromatic amines is 1. The molecular weight excluding hydrogens is 274 g/mol. The third kappa shape index (κ3) is 2.52. The van der Waals surface area contributed by atoms with Crippen molar-refractivity contribution in [3.05, 3.63) is 36.4 Å². The number of aromatic nitrogens is 4. The number of rotatable bonds is 3. The summed E-state index contributed by atoms with van der Waals surface area (Å²) >= 11 is 0. The number of piperidine rings is 1. The van der Waals surface area contributed by atoms with Crippen LogP contribution in [0.25, 0.3) is 22.2 Å². The second kappa shape index (κ2) is 5.57. The zero-order valence-corrected chi connectivity index (χ0v) is 12.8. The maximum Gasteiger partial charge on any atom is 0.137 e. The lowest BCUT2D eigenvalue weighted by atomic mass is 9.91. The van der Waals surface area contributed by atoms with Crippen LogP contribution in [0, 0.1) is 5.92 Å². The summed E-state index contributed by atoms with van der Waals surface area (Å²) in [5.74, 6) is 0.779. The molecule has 1 saturated heterocycles. The van der Waals surface area contributed by atoms with Crippen LogP contribution in [0.5, 0.6) is 0 Å². The van der Waals surface area contributed by atoms with Crippen molar-refractivity contribution in [2.45, 2.75) is 19.3 Å². The number of hydrogen-bond donors (Lipinski definition) is 2. The Labute approximate surface area is 129 Å². The average molecular weight is 295 g/mol. The molecule has 0 unspecified atom stereocenters. The van der Waals surface area contributed by atoms with Gasteiger partial charge in [0.2, 0.25) is 0 Å². The fourth-order valence-corrected chi connectivity index (χ4v) is 3.38. The van der Waals surface area contributed by atoms with Crippen LogP contribution < -0.4 is 5.32 Å². The molecular formula is C17H21N5. The van der Waals surface area contributed by atoms with E-state index in [0.29, 0.717) is 0 Å². The van der Waals surface area contributed by atoms with Crippen LogP contribution in [-0.2, 0) is 13.5 Å². The normalized spacial score (nSPS) is 16.4. The topological polar surface area (TPSA) is 58.5 Å². The van der Waals surface area contributed by atoms with Gasteiger partial charge in [-0.1, -0.05) is 0 Å². The van der Waals surface area contributed by atoms with Gasteiger partial charge in [-0.15, -0.1) is 0 Å². The maximum absolute atomic E-state index is 4.60. The van der Waals surface area contributed by atoms with Gasteiger partial charge in [0, 0.05) is 42.2 Å². The molecule has 3 aromatic rings. The number of pyridine rings is 1. The smallest absolute Gasteiger partial charge is 0.137 e. The number of hydrogen-bond acceptors (Lipinski definition) is 3. The zero-order chi connectivity index (χ0) is 14.9. The molecule has 0 bridgehead atoms. The highest BCUT2D eigenvalue weighted by atomic mass is 15.2. The first-order valence-electron chi connectivity index (χ1n) is 7.95. The molecule has 22 heavy (non-hydrogen) atoms. The van der Waals surface area contributed by atoms with Gasteiger partial charge < -0.3 is 10.3 Å². The molecule has 2 N–H and O–H groups in total. The highest BCUT2D eigenvalue weighted by Crippen LogP contribution is 2.29. The second-order valence-electron chi connectivity index (χ2n) is 6.24. The predicted molar refractivity (Wildman–Crippen MR) is 87.6 cm³/mol. The minimum absolute atomic E-state index is 0.779. The van der Waals surface area contributed by atoms with Crippen LogP contribution in [0.4, 0.5) is 0 Å². The third-order valence-corrected chi connectivity index (χ3v) is 4.59. The van der Waals surface area contributed by atoms with Gasteiger partial charge in [-0.3, -0.25) is 4.68 Å². The minimum atomic E-state index is 0.779. The SMILES string of the molecule is Cn1cc(-c2c[nH]c3ncc(CC4CCNCC4)cc23)cn1. The Morgan fingerprint density at radius 3 is 2.91 bits per heavy atom. The molecule has 4 heterocycles. The first-order chi connectivity index (χ1) is 10.8. The molecule has 5 heteroatoms. The van der Waals surface area contributed by atoms with Gasteiger partial charge in [0.05, 0.1) is 6.20 Å². The van der Waals surface area contributed by atoms with Crippen molar-refractivity contribution >= 4 is 11.0 Å². The van der Waals surface area contributed by atoms with E-state index >= 15 is 0 Å². The van der Waals surface area contributed by atoms with E-state index in [1.807, 2.05) is 36.5 Å². The molecule has 0 saturated carbocycles. The molecule has 0 spiro atoms. The van der Waals surface area contributed by atoms with E-state index in [4.69, 9.17) is 0 Å². The summed E-state index contributed by atoms with van der Waals surface area (Å²) in [4.78, 5) is 7.87.